The van der Waals surface area contributed by atoms with Crippen LogP contribution in [0.25, 0.3) is 5.65 Å². The van der Waals surface area contributed by atoms with E-state index < -0.39 is 0 Å². The molecule has 0 saturated heterocycles. The summed E-state index contributed by atoms with van der Waals surface area (Å²) in [5.74, 6) is 1.12. The van der Waals surface area contributed by atoms with E-state index in [1.165, 1.54) is 0 Å². The van der Waals surface area contributed by atoms with Gasteiger partial charge < -0.3 is 15.5 Å². The molecule has 0 fully saturated rings. The van der Waals surface area contributed by atoms with Gasteiger partial charge in [0.15, 0.2) is 11.5 Å². The molecule has 90 valence electrons. The number of fused-ring (bicyclic) bond motifs is 1. The molecule has 6 heteroatoms. The highest BCUT2D eigenvalue weighted by Crippen LogP contribution is 2.15. The number of aromatic nitrogens is 4. The molecule has 18 heavy (non-hydrogen) atoms. The predicted octanol–water partition coefficient (Wildman–Crippen LogP) is 1.32. The zero-order valence-corrected chi connectivity index (χ0v) is 9.61. The van der Waals surface area contributed by atoms with Crippen LogP contribution in [0.1, 0.15) is 5.56 Å². The molecule has 0 unspecified atom stereocenters. The van der Waals surface area contributed by atoms with Crippen molar-refractivity contribution >= 4 is 17.3 Å². The number of hydrogen-bond acceptors (Lipinski definition) is 5. The Balaban J connectivity index is 1.88. The van der Waals surface area contributed by atoms with E-state index in [4.69, 9.17) is 5.73 Å². The average Bonchev–Trinajstić information content (AvgIpc) is 2.85. The first kappa shape index (κ1) is 10.5. The molecule has 0 atom stereocenters. The number of nitrogen functional groups attached to an aromatic ring is 1. The monoisotopic (exact) mass is 240 g/mol. The summed E-state index contributed by atoms with van der Waals surface area (Å²) in [6, 6.07) is 3.89. The highest BCUT2D eigenvalue weighted by Gasteiger charge is 2.05. The first-order valence-electron chi connectivity index (χ1n) is 5.55. The van der Waals surface area contributed by atoms with Crippen molar-refractivity contribution < 1.29 is 0 Å². The molecule has 0 aliphatic heterocycles. The summed E-state index contributed by atoms with van der Waals surface area (Å²) in [6.45, 7) is 0.632. The van der Waals surface area contributed by atoms with Crippen molar-refractivity contribution in [3.8, 4) is 0 Å². The van der Waals surface area contributed by atoms with E-state index in [0.717, 1.165) is 11.2 Å². The Hall–Kier alpha value is -2.63. The van der Waals surface area contributed by atoms with Crippen molar-refractivity contribution in [2.45, 2.75) is 6.54 Å². The zero-order chi connectivity index (χ0) is 12.4. The minimum atomic E-state index is 0.453. The number of anilines is 2. The van der Waals surface area contributed by atoms with Crippen molar-refractivity contribution in [2.24, 2.45) is 0 Å². The van der Waals surface area contributed by atoms with Gasteiger partial charge in [-0.25, -0.2) is 9.97 Å². The lowest BCUT2D eigenvalue weighted by Crippen LogP contribution is -2.06. The molecular formula is C12H12N6. The molecule has 3 aromatic rings. The first-order valence-corrected chi connectivity index (χ1v) is 5.55. The second-order valence-electron chi connectivity index (χ2n) is 3.89. The Labute approximate surface area is 104 Å². The van der Waals surface area contributed by atoms with Crippen LogP contribution >= 0.6 is 0 Å². The largest absolute Gasteiger partial charge is 0.382 e. The third-order valence-corrected chi connectivity index (χ3v) is 2.58. The van der Waals surface area contributed by atoms with Gasteiger partial charge in [-0.3, -0.25) is 4.98 Å². The molecule has 0 amide bonds. The van der Waals surface area contributed by atoms with E-state index in [9.17, 15) is 0 Å². The molecule has 0 aliphatic rings. The Bertz CT molecular complexity index is 661. The fourth-order valence-electron chi connectivity index (χ4n) is 1.76. The molecule has 3 aromatic heterocycles. The fraction of sp³-hybridized carbons (Fsp3) is 0.0833. The third kappa shape index (κ3) is 1.95. The molecule has 3 rings (SSSR count). The molecule has 0 aromatic carbocycles. The SMILES string of the molecule is Nc1cn2ccnc2c(NCc2cccnc2)n1. The van der Waals surface area contributed by atoms with E-state index >= 15 is 0 Å². The molecule has 3 N–H and O–H groups in total. The topological polar surface area (TPSA) is 81.1 Å². The molecule has 0 radical (unpaired) electrons. The number of pyridine rings is 1. The lowest BCUT2D eigenvalue weighted by Gasteiger charge is -2.07. The second kappa shape index (κ2) is 4.33. The van der Waals surface area contributed by atoms with Gasteiger partial charge in [-0.05, 0) is 11.6 Å². The highest BCUT2D eigenvalue weighted by atomic mass is 15.1. The summed E-state index contributed by atoms with van der Waals surface area (Å²) < 4.78 is 1.84. The van der Waals surface area contributed by atoms with Crippen LogP contribution in [0.2, 0.25) is 0 Å². The van der Waals surface area contributed by atoms with E-state index in [2.05, 4.69) is 20.3 Å². The second-order valence-corrected chi connectivity index (χ2v) is 3.89. The summed E-state index contributed by atoms with van der Waals surface area (Å²) >= 11 is 0. The van der Waals surface area contributed by atoms with Gasteiger partial charge in [0.1, 0.15) is 5.82 Å². The molecule has 3 heterocycles. The summed E-state index contributed by atoms with van der Waals surface area (Å²) in [5, 5.41) is 3.22. The summed E-state index contributed by atoms with van der Waals surface area (Å²) in [4.78, 5) is 12.6. The maximum Gasteiger partial charge on any atom is 0.180 e. The van der Waals surface area contributed by atoms with Crippen LogP contribution in [0.5, 0.6) is 0 Å². The molecule has 0 saturated carbocycles. The van der Waals surface area contributed by atoms with Crippen molar-refractivity contribution in [1.29, 1.82) is 0 Å². The fourth-order valence-corrected chi connectivity index (χ4v) is 1.76. The van der Waals surface area contributed by atoms with Gasteiger partial charge in [0.25, 0.3) is 0 Å². The quantitative estimate of drug-likeness (QED) is 0.721. The lowest BCUT2D eigenvalue weighted by molar-refractivity contribution is 1.06. The number of rotatable bonds is 3. The van der Waals surface area contributed by atoms with Crippen LogP contribution in [0.4, 0.5) is 11.6 Å². The van der Waals surface area contributed by atoms with Crippen molar-refractivity contribution in [3.05, 3.63) is 48.7 Å². The number of nitrogens with zero attached hydrogens (tertiary/aromatic N) is 4. The normalized spacial score (nSPS) is 10.7. The van der Waals surface area contributed by atoms with Crippen molar-refractivity contribution in [2.75, 3.05) is 11.1 Å². The Kier molecular flexibility index (Phi) is 2.53. The third-order valence-electron chi connectivity index (χ3n) is 2.58. The maximum atomic E-state index is 5.74. The average molecular weight is 240 g/mol. The van der Waals surface area contributed by atoms with Crippen molar-refractivity contribution in [1.82, 2.24) is 19.4 Å². The maximum absolute atomic E-state index is 5.74. The van der Waals surface area contributed by atoms with Gasteiger partial charge in [0.05, 0.1) is 6.20 Å². The van der Waals surface area contributed by atoms with Crippen molar-refractivity contribution in [3.63, 3.8) is 0 Å². The van der Waals surface area contributed by atoms with Gasteiger partial charge in [-0.1, -0.05) is 6.07 Å². The van der Waals surface area contributed by atoms with E-state index in [0.29, 0.717) is 18.2 Å². The van der Waals surface area contributed by atoms with E-state index in [1.54, 1.807) is 18.6 Å². The minimum Gasteiger partial charge on any atom is -0.382 e. The van der Waals surface area contributed by atoms with Gasteiger partial charge in [-0.15, -0.1) is 0 Å². The number of nitrogens with one attached hydrogen (secondary N) is 1. The number of nitrogens with two attached hydrogens (primary N) is 1. The van der Waals surface area contributed by atoms with Crippen LogP contribution in [0.3, 0.4) is 0 Å². The van der Waals surface area contributed by atoms with Gasteiger partial charge in [-0.2, -0.15) is 0 Å². The molecular weight excluding hydrogens is 228 g/mol. The van der Waals surface area contributed by atoms with E-state index in [1.807, 2.05) is 28.9 Å². The van der Waals surface area contributed by atoms with Gasteiger partial charge in [0, 0.05) is 31.3 Å². The Morgan fingerprint density at radius 2 is 2.28 bits per heavy atom. The van der Waals surface area contributed by atoms with Gasteiger partial charge in [0.2, 0.25) is 0 Å². The van der Waals surface area contributed by atoms with Crippen LogP contribution in [0.15, 0.2) is 43.1 Å². The summed E-state index contributed by atoms with van der Waals surface area (Å²) in [6.07, 6.45) is 8.84. The smallest absolute Gasteiger partial charge is 0.180 e. The lowest BCUT2D eigenvalue weighted by atomic mass is 10.3. The Morgan fingerprint density at radius 1 is 1.33 bits per heavy atom. The highest BCUT2D eigenvalue weighted by molar-refractivity contribution is 5.64. The van der Waals surface area contributed by atoms with Crippen LogP contribution in [0, 0.1) is 0 Å². The first-order chi connectivity index (χ1) is 8.83. The van der Waals surface area contributed by atoms with Gasteiger partial charge >= 0.3 is 0 Å². The molecule has 6 nitrogen and oxygen atoms in total. The summed E-state index contributed by atoms with van der Waals surface area (Å²) in [7, 11) is 0. The zero-order valence-electron chi connectivity index (χ0n) is 9.61. The predicted molar refractivity (Wildman–Crippen MR) is 69.0 cm³/mol. The molecule has 0 aliphatic carbocycles. The van der Waals surface area contributed by atoms with Crippen LogP contribution in [-0.2, 0) is 6.54 Å². The standard InChI is InChI=1S/C12H12N6/c13-10-8-18-5-4-15-12(18)11(17-10)16-7-9-2-1-3-14-6-9/h1-6,8H,7,13H2,(H,16,17). The van der Waals surface area contributed by atoms with Crippen LogP contribution in [-0.4, -0.2) is 19.4 Å². The van der Waals surface area contributed by atoms with Crippen LogP contribution < -0.4 is 11.1 Å². The number of hydrogen-bond donors (Lipinski definition) is 2. The van der Waals surface area contributed by atoms with E-state index in [-0.39, 0.29) is 0 Å². The minimum absolute atomic E-state index is 0.453. The Morgan fingerprint density at radius 3 is 3.11 bits per heavy atom. The number of imidazole rings is 1. The molecule has 0 spiro atoms. The summed E-state index contributed by atoms with van der Waals surface area (Å²) in [5.41, 5.74) is 7.57. The molecule has 0 bridgehead atoms.